The first-order chi connectivity index (χ1) is 13.6. The van der Waals surface area contributed by atoms with Crippen LogP contribution in [0.15, 0.2) is 47.9 Å². The van der Waals surface area contributed by atoms with Gasteiger partial charge in [-0.05, 0) is 43.2 Å². The zero-order valence-electron chi connectivity index (χ0n) is 15.0. The SMILES string of the molecule is O=C1CCCCCC1Sc1nnc(-c2ccncc2)n1-c1ccc(Cl)c(Cl)c1. The smallest absolute Gasteiger partial charge is 0.196 e. The van der Waals surface area contributed by atoms with Crippen molar-refractivity contribution in [2.75, 3.05) is 0 Å². The summed E-state index contributed by atoms with van der Waals surface area (Å²) in [5.41, 5.74) is 1.68. The Labute approximate surface area is 177 Å². The first-order valence-corrected chi connectivity index (χ1v) is 10.8. The van der Waals surface area contributed by atoms with Gasteiger partial charge in [0.25, 0.3) is 0 Å². The number of hydrogen-bond acceptors (Lipinski definition) is 5. The zero-order valence-corrected chi connectivity index (χ0v) is 17.3. The van der Waals surface area contributed by atoms with E-state index in [1.165, 1.54) is 11.8 Å². The summed E-state index contributed by atoms with van der Waals surface area (Å²) in [5.74, 6) is 0.959. The number of carbonyl (C=O) groups excluding carboxylic acids is 1. The van der Waals surface area contributed by atoms with Crippen LogP contribution in [0.5, 0.6) is 0 Å². The molecule has 0 amide bonds. The van der Waals surface area contributed by atoms with Gasteiger partial charge in [-0.2, -0.15) is 0 Å². The molecule has 0 bridgehead atoms. The van der Waals surface area contributed by atoms with Gasteiger partial charge < -0.3 is 0 Å². The number of carbonyl (C=O) groups is 1. The maximum absolute atomic E-state index is 12.5. The summed E-state index contributed by atoms with van der Waals surface area (Å²) in [6.45, 7) is 0. The van der Waals surface area contributed by atoms with E-state index < -0.39 is 0 Å². The van der Waals surface area contributed by atoms with Crippen molar-refractivity contribution in [1.29, 1.82) is 0 Å². The van der Waals surface area contributed by atoms with Crippen molar-refractivity contribution in [3.63, 3.8) is 0 Å². The summed E-state index contributed by atoms with van der Waals surface area (Å²) >= 11 is 13.8. The Morgan fingerprint density at radius 1 is 1.00 bits per heavy atom. The molecule has 1 fully saturated rings. The van der Waals surface area contributed by atoms with Gasteiger partial charge in [-0.15, -0.1) is 10.2 Å². The van der Waals surface area contributed by atoms with Crippen molar-refractivity contribution in [3.8, 4) is 17.1 Å². The number of ketones is 1. The fourth-order valence-electron chi connectivity index (χ4n) is 3.27. The fourth-order valence-corrected chi connectivity index (χ4v) is 4.74. The lowest BCUT2D eigenvalue weighted by Crippen LogP contribution is -2.16. The molecule has 1 atom stereocenters. The number of pyridine rings is 1. The van der Waals surface area contributed by atoms with Crippen molar-refractivity contribution in [2.45, 2.75) is 42.5 Å². The van der Waals surface area contributed by atoms with Crippen molar-refractivity contribution >= 4 is 40.7 Å². The molecule has 144 valence electrons. The average Bonchev–Trinajstić information content (AvgIpc) is 3.02. The van der Waals surface area contributed by atoms with Crippen molar-refractivity contribution in [3.05, 3.63) is 52.8 Å². The number of aromatic nitrogens is 4. The average molecular weight is 433 g/mol. The zero-order chi connectivity index (χ0) is 19.5. The highest BCUT2D eigenvalue weighted by Crippen LogP contribution is 2.35. The van der Waals surface area contributed by atoms with E-state index in [0.717, 1.165) is 36.9 Å². The number of rotatable bonds is 4. The van der Waals surface area contributed by atoms with Crippen molar-refractivity contribution in [1.82, 2.24) is 19.7 Å². The predicted molar refractivity (Wildman–Crippen MR) is 112 cm³/mol. The maximum atomic E-state index is 12.5. The van der Waals surface area contributed by atoms with E-state index in [1.807, 2.05) is 22.8 Å². The summed E-state index contributed by atoms with van der Waals surface area (Å²) in [5, 5.41) is 10.3. The molecule has 5 nitrogen and oxygen atoms in total. The summed E-state index contributed by atoms with van der Waals surface area (Å²) in [7, 11) is 0. The number of hydrogen-bond donors (Lipinski definition) is 0. The minimum Gasteiger partial charge on any atom is -0.298 e. The van der Waals surface area contributed by atoms with Crippen LogP contribution in [0, 0.1) is 0 Å². The molecule has 1 saturated carbocycles. The Balaban J connectivity index is 1.79. The van der Waals surface area contributed by atoms with E-state index in [9.17, 15) is 4.79 Å². The summed E-state index contributed by atoms with van der Waals surface area (Å²) < 4.78 is 1.93. The van der Waals surface area contributed by atoms with Crippen LogP contribution in [0.4, 0.5) is 0 Å². The second kappa shape index (κ2) is 8.64. The first-order valence-electron chi connectivity index (χ1n) is 9.14. The molecule has 0 aliphatic heterocycles. The lowest BCUT2D eigenvalue weighted by molar-refractivity contribution is -0.118. The normalized spacial score (nSPS) is 17.5. The predicted octanol–water partition coefficient (Wildman–Crippen LogP) is 5.63. The highest BCUT2D eigenvalue weighted by atomic mass is 35.5. The van der Waals surface area contributed by atoms with Gasteiger partial charge in [-0.1, -0.05) is 47.8 Å². The molecule has 0 saturated heterocycles. The van der Waals surface area contributed by atoms with Gasteiger partial charge in [-0.3, -0.25) is 14.3 Å². The highest BCUT2D eigenvalue weighted by Gasteiger charge is 2.26. The van der Waals surface area contributed by atoms with E-state index >= 15 is 0 Å². The molecular formula is C20H18Cl2N4OS. The van der Waals surface area contributed by atoms with Crippen LogP contribution in [0.1, 0.15) is 32.1 Å². The summed E-state index contributed by atoms with van der Waals surface area (Å²) in [4.78, 5) is 16.6. The standard InChI is InChI=1S/C20H18Cl2N4OS/c21-15-7-6-14(12-16(15)22)26-19(13-8-10-23-11-9-13)24-25-20(26)28-18-5-3-1-2-4-17(18)27/h6-12,18H,1-5H2. The monoisotopic (exact) mass is 432 g/mol. The second-order valence-electron chi connectivity index (χ2n) is 6.65. The Hall–Kier alpha value is -1.89. The molecule has 2 aromatic heterocycles. The molecule has 3 aromatic rings. The molecule has 2 heterocycles. The summed E-state index contributed by atoms with van der Waals surface area (Å²) in [6.07, 6.45) is 8.05. The van der Waals surface area contributed by atoms with E-state index in [2.05, 4.69) is 15.2 Å². The largest absolute Gasteiger partial charge is 0.298 e. The van der Waals surface area contributed by atoms with Gasteiger partial charge in [0.2, 0.25) is 0 Å². The van der Waals surface area contributed by atoms with Crippen LogP contribution in [-0.2, 0) is 4.79 Å². The number of halogens is 2. The number of nitrogens with zero attached hydrogens (tertiary/aromatic N) is 4. The minimum absolute atomic E-state index is 0.0986. The maximum Gasteiger partial charge on any atom is 0.196 e. The van der Waals surface area contributed by atoms with Crippen LogP contribution in [-0.4, -0.2) is 30.8 Å². The molecule has 0 N–H and O–H groups in total. The second-order valence-corrected chi connectivity index (χ2v) is 8.63. The third-order valence-electron chi connectivity index (χ3n) is 4.73. The van der Waals surface area contributed by atoms with Gasteiger partial charge >= 0.3 is 0 Å². The fraction of sp³-hybridized carbons (Fsp3) is 0.300. The number of Topliss-reactive ketones (excluding diaryl/α,β-unsaturated/α-hetero) is 1. The van der Waals surface area contributed by atoms with Gasteiger partial charge in [0.15, 0.2) is 11.0 Å². The van der Waals surface area contributed by atoms with Crippen molar-refractivity contribution in [2.24, 2.45) is 0 Å². The van der Waals surface area contributed by atoms with Crippen LogP contribution in [0.25, 0.3) is 17.1 Å². The van der Waals surface area contributed by atoms with E-state index in [-0.39, 0.29) is 11.0 Å². The number of benzene rings is 1. The lowest BCUT2D eigenvalue weighted by atomic mass is 10.2. The Kier molecular flexibility index (Phi) is 5.99. The molecule has 0 spiro atoms. The van der Waals surface area contributed by atoms with Gasteiger partial charge in [0, 0.05) is 24.4 Å². The van der Waals surface area contributed by atoms with E-state index in [1.54, 1.807) is 24.5 Å². The highest BCUT2D eigenvalue weighted by molar-refractivity contribution is 8.00. The number of thioether (sulfide) groups is 1. The molecule has 8 heteroatoms. The summed E-state index contributed by atoms with van der Waals surface area (Å²) in [6, 6.07) is 9.17. The van der Waals surface area contributed by atoms with E-state index in [0.29, 0.717) is 27.4 Å². The Morgan fingerprint density at radius 2 is 1.82 bits per heavy atom. The van der Waals surface area contributed by atoms with Crippen LogP contribution in [0.3, 0.4) is 0 Å². The molecule has 1 aliphatic carbocycles. The van der Waals surface area contributed by atoms with Crippen LogP contribution in [0.2, 0.25) is 10.0 Å². The van der Waals surface area contributed by atoms with Gasteiger partial charge in [0.1, 0.15) is 5.78 Å². The van der Waals surface area contributed by atoms with Crippen LogP contribution < -0.4 is 0 Å². The quantitative estimate of drug-likeness (QED) is 0.499. The third-order valence-corrected chi connectivity index (χ3v) is 6.73. The van der Waals surface area contributed by atoms with Crippen LogP contribution >= 0.6 is 35.0 Å². The molecule has 1 unspecified atom stereocenters. The molecule has 1 aromatic carbocycles. The molecule has 1 aliphatic rings. The Bertz CT molecular complexity index is 993. The molecule has 28 heavy (non-hydrogen) atoms. The first kappa shape index (κ1) is 19.4. The van der Waals surface area contributed by atoms with Gasteiger partial charge in [0.05, 0.1) is 21.0 Å². The Morgan fingerprint density at radius 3 is 2.61 bits per heavy atom. The molecular weight excluding hydrogens is 415 g/mol. The lowest BCUT2D eigenvalue weighted by Gasteiger charge is -2.15. The molecule has 4 rings (SSSR count). The third kappa shape index (κ3) is 4.09. The van der Waals surface area contributed by atoms with Gasteiger partial charge in [-0.25, -0.2) is 0 Å². The molecule has 0 radical (unpaired) electrons. The van der Waals surface area contributed by atoms with Crippen molar-refractivity contribution < 1.29 is 4.79 Å². The van der Waals surface area contributed by atoms with E-state index in [4.69, 9.17) is 23.2 Å². The minimum atomic E-state index is -0.0986. The topological polar surface area (TPSA) is 60.7 Å².